The fourth-order valence-corrected chi connectivity index (χ4v) is 2.97. The summed E-state index contributed by atoms with van der Waals surface area (Å²) in [5.74, 6) is 0.537. The number of rotatable bonds is 5. The number of pyridine rings is 1. The number of carbonyl (C=O) groups is 2. The zero-order valence-corrected chi connectivity index (χ0v) is 18.8. The molecule has 2 N–H and O–H groups in total. The van der Waals surface area contributed by atoms with E-state index in [9.17, 15) is 9.59 Å². The van der Waals surface area contributed by atoms with E-state index in [4.69, 9.17) is 39.5 Å². The molecule has 28 heavy (non-hydrogen) atoms. The summed E-state index contributed by atoms with van der Waals surface area (Å²) in [7, 11) is 0. The number of amides is 1. The number of hydrogen-bond donors (Lipinski definition) is 2. The first kappa shape index (κ1) is 25.0. The lowest BCUT2D eigenvalue weighted by molar-refractivity contribution is -0.123. The Kier molecular flexibility index (Phi) is 11.1. The number of aromatic nitrogens is 1. The van der Waals surface area contributed by atoms with Gasteiger partial charge in [0.25, 0.3) is 0 Å². The van der Waals surface area contributed by atoms with Crippen molar-refractivity contribution in [2.45, 2.75) is 52.1 Å². The summed E-state index contributed by atoms with van der Waals surface area (Å²) in [6.07, 6.45) is 5.58. The third-order valence-electron chi connectivity index (χ3n) is 3.86. The number of halogens is 3. The smallest absolute Gasteiger partial charge is 0.407 e. The summed E-state index contributed by atoms with van der Waals surface area (Å²) < 4.78 is 5.12. The highest BCUT2D eigenvalue weighted by Crippen LogP contribution is 2.27. The fraction of sp³-hybridized carbons (Fsp3) is 0.632. The van der Waals surface area contributed by atoms with Crippen molar-refractivity contribution in [1.82, 2.24) is 15.6 Å². The predicted molar refractivity (Wildman–Crippen MR) is 113 cm³/mol. The molecule has 0 bridgehead atoms. The van der Waals surface area contributed by atoms with Crippen molar-refractivity contribution >= 4 is 46.7 Å². The molecule has 0 aromatic carbocycles. The van der Waals surface area contributed by atoms with Gasteiger partial charge in [-0.2, -0.15) is 0 Å². The van der Waals surface area contributed by atoms with Crippen LogP contribution in [0.1, 0.15) is 46.5 Å². The third kappa shape index (κ3) is 10.5. The average Bonchev–Trinajstić information content (AvgIpc) is 2.63. The number of nitrogens with zero attached hydrogens (tertiary/aromatic N) is 1. The van der Waals surface area contributed by atoms with Crippen LogP contribution in [0.5, 0.6) is 0 Å². The zero-order valence-electron chi connectivity index (χ0n) is 16.5. The van der Waals surface area contributed by atoms with Gasteiger partial charge in [-0.25, -0.2) is 4.79 Å². The molecule has 1 saturated heterocycles. The molecule has 6 nitrogen and oxygen atoms in total. The van der Waals surface area contributed by atoms with E-state index in [0.717, 1.165) is 25.9 Å². The van der Waals surface area contributed by atoms with Crippen LogP contribution >= 0.6 is 34.8 Å². The molecule has 0 unspecified atom stereocenters. The van der Waals surface area contributed by atoms with Gasteiger partial charge in [-0.15, -0.1) is 0 Å². The SMILES string of the molecule is CC(C)(C)OC(=O)NCCCC(=O)C1CCNCC1.Clc1cncc(Cl)c1Cl. The molecule has 1 aromatic heterocycles. The topological polar surface area (TPSA) is 80.3 Å². The highest BCUT2D eigenvalue weighted by molar-refractivity contribution is 6.47. The standard InChI is InChI=1S/C14H26N2O3.C5H2Cl3N/c1-14(2,3)19-13(18)16-8-4-5-12(17)11-6-9-15-10-7-11;6-3-1-9-2-4(7)5(3)8/h11,15H,4-10H2,1-3H3,(H,16,18);1-2H. The molecule has 2 rings (SSSR count). The second-order valence-corrected chi connectivity index (χ2v) is 8.63. The highest BCUT2D eigenvalue weighted by Gasteiger charge is 2.20. The number of ketones is 1. The molecular formula is C19H28Cl3N3O3. The van der Waals surface area contributed by atoms with Gasteiger partial charge >= 0.3 is 6.09 Å². The lowest BCUT2D eigenvalue weighted by Gasteiger charge is -2.21. The number of hydrogen-bond acceptors (Lipinski definition) is 5. The predicted octanol–water partition coefficient (Wildman–Crippen LogP) is 4.90. The van der Waals surface area contributed by atoms with E-state index in [-0.39, 0.29) is 5.92 Å². The van der Waals surface area contributed by atoms with Crippen LogP contribution in [-0.4, -0.2) is 42.1 Å². The number of ether oxygens (including phenoxy) is 1. The summed E-state index contributed by atoms with van der Waals surface area (Å²) in [6, 6.07) is 0. The Morgan fingerprint density at radius 3 is 2.25 bits per heavy atom. The van der Waals surface area contributed by atoms with Crippen LogP contribution in [-0.2, 0) is 9.53 Å². The highest BCUT2D eigenvalue weighted by atomic mass is 35.5. The van der Waals surface area contributed by atoms with Crippen LogP contribution in [0.4, 0.5) is 4.79 Å². The average molecular weight is 453 g/mol. The van der Waals surface area contributed by atoms with Crippen LogP contribution in [0.25, 0.3) is 0 Å². The summed E-state index contributed by atoms with van der Waals surface area (Å²) in [5.41, 5.74) is -0.477. The van der Waals surface area contributed by atoms with E-state index in [1.54, 1.807) is 0 Å². The third-order valence-corrected chi connectivity index (χ3v) is 5.03. The van der Waals surface area contributed by atoms with Gasteiger partial charge in [-0.3, -0.25) is 9.78 Å². The largest absolute Gasteiger partial charge is 0.444 e. The maximum atomic E-state index is 11.9. The molecule has 0 radical (unpaired) electrons. The zero-order chi connectivity index (χ0) is 21.2. The van der Waals surface area contributed by atoms with Crippen LogP contribution in [0.3, 0.4) is 0 Å². The molecule has 0 aliphatic carbocycles. The van der Waals surface area contributed by atoms with E-state index in [2.05, 4.69) is 15.6 Å². The van der Waals surface area contributed by atoms with E-state index in [1.165, 1.54) is 12.4 Å². The van der Waals surface area contributed by atoms with Crippen LogP contribution in [0, 0.1) is 5.92 Å². The molecule has 0 spiro atoms. The van der Waals surface area contributed by atoms with Crippen molar-refractivity contribution < 1.29 is 14.3 Å². The minimum Gasteiger partial charge on any atom is -0.444 e. The number of carbonyl (C=O) groups excluding carboxylic acids is 2. The monoisotopic (exact) mass is 451 g/mol. The Morgan fingerprint density at radius 1 is 1.18 bits per heavy atom. The van der Waals surface area contributed by atoms with Crippen molar-refractivity contribution in [2.24, 2.45) is 5.92 Å². The number of nitrogens with one attached hydrogen (secondary N) is 2. The van der Waals surface area contributed by atoms with Gasteiger partial charge in [0.05, 0.1) is 15.1 Å². The van der Waals surface area contributed by atoms with Crippen molar-refractivity contribution in [1.29, 1.82) is 0 Å². The minimum absolute atomic E-state index is 0.211. The molecule has 0 atom stereocenters. The van der Waals surface area contributed by atoms with Gasteiger partial charge in [-0.1, -0.05) is 34.8 Å². The van der Waals surface area contributed by atoms with E-state index in [1.807, 2.05) is 20.8 Å². The number of Topliss-reactive ketones (excluding diaryl/α,β-unsaturated/α-hetero) is 1. The Bertz CT molecular complexity index is 625. The van der Waals surface area contributed by atoms with Crippen molar-refractivity contribution in [3.8, 4) is 0 Å². The van der Waals surface area contributed by atoms with E-state index in [0.29, 0.717) is 40.2 Å². The molecule has 1 aromatic rings. The van der Waals surface area contributed by atoms with Gasteiger partial charge < -0.3 is 15.4 Å². The first-order chi connectivity index (χ1) is 13.1. The summed E-state index contributed by atoms with van der Waals surface area (Å²) in [5, 5.41) is 7.03. The Labute approximate surface area is 181 Å². The van der Waals surface area contributed by atoms with Crippen LogP contribution < -0.4 is 10.6 Å². The summed E-state index contributed by atoms with van der Waals surface area (Å²) in [4.78, 5) is 27.0. The van der Waals surface area contributed by atoms with Gasteiger partial charge in [0, 0.05) is 31.3 Å². The molecule has 2 heterocycles. The molecule has 1 amide bonds. The lowest BCUT2D eigenvalue weighted by atomic mass is 9.91. The maximum absolute atomic E-state index is 11.9. The second-order valence-electron chi connectivity index (χ2n) is 7.44. The molecule has 1 aliphatic heterocycles. The van der Waals surface area contributed by atoms with E-state index >= 15 is 0 Å². The first-order valence-electron chi connectivity index (χ1n) is 9.25. The lowest BCUT2D eigenvalue weighted by Crippen LogP contribution is -2.34. The first-order valence-corrected chi connectivity index (χ1v) is 10.4. The Balaban J connectivity index is 0.000000362. The second kappa shape index (κ2) is 12.5. The molecule has 158 valence electrons. The molecule has 0 saturated carbocycles. The normalized spacial score (nSPS) is 14.6. The van der Waals surface area contributed by atoms with Gasteiger partial charge in [-0.05, 0) is 53.1 Å². The van der Waals surface area contributed by atoms with E-state index < -0.39 is 11.7 Å². The van der Waals surface area contributed by atoms with Gasteiger partial charge in [0.15, 0.2) is 0 Å². The Hall–Kier alpha value is -1.08. The quantitative estimate of drug-likeness (QED) is 0.621. The van der Waals surface area contributed by atoms with Crippen molar-refractivity contribution in [2.75, 3.05) is 19.6 Å². The fourth-order valence-electron chi connectivity index (χ4n) is 2.51. The molecule has 1 aliphatic rings. The number of piperidine rings is 1. The molecule has 9 heteroatoms. The summed E-state index contributed by atoms with van der Waals surface area (Å²) >= 11 is 16.6. The maximum Gasteiger partial charge on any atom is 0.407 e. The molecule has 1 fully saturated rings. The van der Waals surface area contributed by atoms with Crippen molar-refractivity contribution in [3.05, 3.63) is 27.5 Å². The van der Waals surface area contributed by atoms with Crippen LogP contribution in [0.15, 0.2) is 12.4 Å². The summed E-state index contributed by atoms with van der Waals surface area (Å²) in [6.45, 7) is 7.85. The van der Waals surface area contributed by atoms with Gasteiger partial charge in [0.1, 0.15) is 11.4 Å². The van der Waals surface area contributed by atoms with Crippen LogP contribution in [0.2, 0.25) is 15.1 Å². The Morgan fingerprint density at radius 2 is 1.75 bits per heavy atom. The minimum atomic E-state index is -0.477. The number of alkyl carbamates (subject to hydrolysis) is 1. The van der Waals surface area contributed by atoms with Crippen molar-refractivity contribution in [3.63, 3.8) is 0 Å². The molecular weight excluding hydrogens is 425 g/mol. The van der Waals surface area contributed by atoms with Gasteiger partial charge in [0.2, 0.25) is 0 Å².